The fraction of sp³-hybridized carbons (Fsp3) is 0.321. The van der Waals surface area contributed by atoms with Gasteiger partial charge in [0.15, 0.2) is 0 Å². The maximum atomic E-state index is 13.2. The summed E-state index contributed by atoms with van der Waals surface area (Å²) in [4.78, 5) is 12.7. The monoisotopic (exact) mass is 540 g/mol. The first-order chi connectivity index (χ1) is 18.2. The number of hydrogen-bond acceptors (Lipinski definition) is 6. The highest BCUT2D eigenvalue weighted by atomic mass is 32.2. The normalized spacial score (nSPS) is 23.0. The molecular formula is C28H29FN2O6S. The number of nitrogens with one attached hydrogen (secondary N) is 2. The van der Waals surface area contributed by atoms with Gasteiger partial charge in [-0.3, -0.25) is 9.52 Å². The lowest BCUT2D eigenvalue weighted by Crippen LogP contribution is -2.47. The average Bonchev–Trinajstić information content (AvgIpc) is 3.26. The van der Waals surface area contributed by atoms with Crippen LogP contribution in [0.1, 0.15) is 42.9 Å². The van der Waals surface area contributed by atoms with Crippen molar-refractivity contribution in [2.75, 3.05) is 11.3 Å². The Morgan fingerprint density at radius 2 is 1.84 bits per heavy atom. The van der Waals surface area contributed by atoms with E-state index >= 15 is 0 Å². The van der Waals surface area contributed by atoms with Crippen molar-refractivity contribution in [1.82, 2.24) is 5.32 Å². The van der Waals surface area contributed by atoms with E-state index in [4.69, 9.17) is 9.47 Å². The molecule has 1 amide bonds. The molecule has 0 aliphatic carbocycles. The summed E-state index contributed by atoms with van der Waals surface area (Å²) in [6, 6.07) is 19.0. The summed E-state index contributed by atoms with van der Waals surface area (Å²) in [5, 5.41) is 13.0. The molecule has 2 heterocycles. The highest BCUT2D eigenvalue weighted by Crippen LogP contribution is 2.47. The van der Waals surface area contributed by atoms with Crippen molar-refractivity contribution in [2.45, 2.75) is 54.9 Å². The van der Waals surface area contributed by atoms with Crippen LogP contribution in [-0.4, -0.2) is 44.4 Å². The quantitative estimate of drug-likeness (QED) is 0.400. The number of carbonyl (C=O) groups is 1. The molecule has 3 aromatic rings. The summed E-state index contributed by atoms with van der Waals surface area (Å²) < 4.78 is 53.5. The van der Waals surface area contributed by atoms with Gasteiger partial charge in [0, 0.05) is 17.2 Å². The van der Waals surface area contributed by atoms with Gasteiger partial charge in [0.2, 0.25) is 5.91 Å². The third kappa shape index (κ3) is 5.52. The summed E-state index contributed by atoms with van der Waals surface area (Å²) >= 11 is 0. The van der Waals surface area contributed by atoms with Crippen LogP contribution in [-0.2, 0) is 19.6 Å². The molecule has 5 rings (SSSR count). The van der Waals surface area contributed by atoms with Gasteiger partial charge in [0.05, 0.1) is 30.1 Å². The summed E-state index contributed by atoms with van der Waals surface area (Å²) in [7, 11) is -3.93. The van der Waals surface area contributed by atoms with Crippen LogP contribution in [0, 0.1) is 5.82 Å². The zero-order chi connectivity index (χ0) is 26.9. The zero-order valence-corrected chi connectivity index (χ0v) is 21.5. The molecule has 0 radical (unpaired) electrons. The maximum absolute atomic E-state index is 13.2. The topological polar surface area (TPSA) is 114 Å². The number of rotatable bonds is 8. The van der Waals surface area contributed by atoms with Gasteiger partial charge in [-0.2, -0.15) is 0 Å². The predicted molar refractivity (Wildman–Crippen MR) is 139 cm³/mol. The van der Waals surface area contributed by atoms with Crippen LogP contribution in [0.3, 0.4) is 0 Å². The standard InChI is InChI=1S/C28H29FN2O6S/c1-17(18-5-3-2-4-6-18)30-27(33)15-21-14-24-23-13-20(9-12-25(23)37-28(24)26(16-32)36-21)31-38(34,35)22-10-7-19(29)8-11-22/h2-13,17,21,24,26,28,31-32H,14-16H2,1H3,(H,30,33)/t17-,21-,24-,26+,28+/m0/s1. The molecule has 5 atom stereocenters. The van der Waals surface area contributed by atoms with Crippen molar-refractivity contribution in [1.29, 1.82) is 0 Å². The van der Waals surface area contributed by atoms with Gasteiger partial charge in [-0.05, 0) is 61.4 Å². The summed E-state index contributed by atoms with van der Waals surface area (Å²) in [6.45, 7) is 1.63. The van der Waals surface area contributed by atoms with Gasteiger partial charge in [-0.25, -0.2) is 12.8 Å². The molecule has 10 heteroatoms. The maximum Gasteiger partial charge on any atom is 0.261 e. The molecule has 3 aromatic carbocycles. The number of ether oxygens (including phenoxy) is 2. The first kappa shape index (κ1) is 26.1. The number of sulfonamides is 1. The molecule has 0 saturated carbocycles. The highest BCUT2D eigenvalue weighted by Gasteiger charge is 2.46. The SMILES string of the molecule is C[C@H](NC(=O)C[C@@H]1C[C@H]2c3cc(NS(=O)(=O)c4ccc(F)cc4)ccc3O[C@H]2[C@@H](CO)O1)c1ccccc1. The summed E-state index contributed by atoms with van der Waals surface area (Å²) in [6.07, 6.45) is -0.963. The van der Waals surface area contributed by atoms with Crippen LogP contribution in [0.2, 0.25) is 0 Å². The van der Waals surface area contributed by atoms with Crippen molar-refractivity contribution in [3.63, 3.8) is 0 Å². The Morgan fingerprint density at radius 3 is 2.55 bits per heavy atom. The minimum atomic E-state index is -3.93. The number of fused-ring (bicyclic) bond motifs is 3. The minimum absolute atomic E-state index is 0.0595. The van der Waals surface area contributed by atoms with Crippen LogP contribution in [0.15, 0.2) is 77.7 Å². The van der Waals surface area contributed by atoms with E-state index in [9.17, 15) is 22.7 Å². The molecule has 2 aliphatic heterocycles. The largest absolute Gasteiger partial charge is 0.487 e. The fourth-order valence-electron chi connectivity index (χ4n) is 5.11. The van der Waals surface area contributed by atoms with E-state index < -0.39 is 34.2 Å². The van der Waals surface area contributed by atoms with Crippen LogP contribution in [0.5, 0.6) is 5.75 Å². The lowest BCUT2D eigenvalue weighted by Gasteiger charge is -2.37. The first-order valence-corrected chi connectivity index (χ1v) is 13.9. The molecule has 8 nitrogen and oxygen atoms in total. The third-order valence-corrected chi connectivity index (χ3v) is 8.36. The van der Waals surface area contributed by atoms with E-state index in [2.05, 4.69) is 10.0 Å². The number of hydrogen-bond donors (Lipinski definition) is 3. The van der Waals surface area contributed by atoms with Gasteiger partial charge < -0.3 is 19.9 Å². The fourth-order valence-corrected chi connectivity index (χ4v) is 6.16. The number of aliphatic hydroxyl groups is 1. The molecule has 38 heavy (non-hydrogen) atoms. The van der Waals surface area contributed by atoms with Gasteiger partial charge >= 0.3 is 0 Å². The van der Waals surface area contributed by atoms with E-state index in [0.29, 0.717) is 17.9 Å². The molecule has 3 N–H and O–H groups in total. The number of amides is 1. The summed E-state index contributed by atoms with van der Waals surface area (Å²) in [5.41, 5.74) is 2.10. The first-order valence-electron chi connectivity index (χ1n) is 12.4. The zero-order valence-electron chi connectivity index (χ0n) is 20.7. The van der Waals surface area contributed by atoms with Gasteiger partial charge in [0.25, 0.3) is 10.0 Å². The number of halogens is 1. The van der Waals surface area contributed by atoms with Gasteiger partial charge in [-0.15, -0.1) is 0 Å². The van der Waals surface area contributed by atoms with Gasteiger partial charge in [0.1, 0.15) is 23.8 Å². The molecule has 0 spiro atoms. The molecular weight excluding hydrogens is 511 g/mol. The molecule has 0 aromatic heterocycles. The lowest BCUT2D eigenvalue weighted by molar-refractivity contribution is -0.142. The smallest absolute Gasteiger partial charge is 0.261 e. The second kappa shape index (κ2) is 10.7. The van der Waals surface area contributed by atoms with E-state index in [0.717, 1.165) is 23.3 Å². The van der Waals surface area contributed by atoms with Crippen molar-refractivity contribution < 1.29 is 32.2 Å². The second-order valence-electron chi connectivity index (χ2n) is 9.62. The Kier molecular flexibility index (Phi) is 7.38. The Balaban J connectivity index is 1.30. The molecule has 0 bridgehead atoms. The minimum Gasteiger partial charge on any atom is -0.487 e. The Morgan fingerprint density at radius 1 is 1.11 bits per heavy atom. The van der Waals surface area contributed by atoms with Crippen LogP contribution in [0.4, 0.5) is 10.1 Å². The van der Waals surface area contributed by atoms with Crippen molar-refractivity contribution >= 4 is 21.6 Å². The van der Waals surface area contributed by atoms with E-state index in [1.807, 2.05) is 37.3 Å². The molecule has 1 fully saturated rings. The van der Waals surface area contributed by atoms with Crippen LogP contribution < -0.4 is 14.8 Å². The number of carbonyl (C=O) groups excluding carboxylic acids is 1. The number of aliphatic hydroxyl groups excluding tert-OH is 1. The van der Waals surface area contributed by atoms with Crippen LogP contribution in [0.25, 0.3) is 0 Å². The van der Waals surface area contributed by atoms with Crippen LogP contribution >= 0.6 is 0 Å². The Bertz CT molecular complexity index is 1400. The van der Waals surface area contributed by atoms with Gasteiger partial charge in [-0.1, -0.05) is 30.3 Å². The number of anilines is 1. The third-order valence-electron chi connectivity index (χ3n) is 6.97. The van der Waals surface area contributed by atoms with E-state index in [-0.39, 0.29) is 35.8 Å². The average molecular weight is 541 g/mol. The molecule has 1 saturated heterocycles. The van der Waals surface area contributed by atoms with E-state index in [1.165, 1.54) is 12.1 Å². The number of benzene rings is 3. The predicted octanol–water partition coefficient (Wildman–Crippen LogP) is 3.89. The lowest BCUT2D eigenvalue weighted by atomic mass is 9.84. The van der Waals surface area contributed by atoms with Crippen molar-refractivity contribution in [3.8, 4) is 5.75 Å². The Hall–Kier alpha value is -3.47. The Labute approximate surface area is 220 Å². The highest BCUT2D eigenvalue weighted by molar-refractivity contribution is 7.92. The summed E-state index contributed by atoms with van der Waals surface area (Å²) in [5.74, 6) is -0.313. The molecule has 0 unspecified atom stereocenters. The van der Waals surface area contributed by atoms with Crippen molar-refractivity contribution in [2.24, 2.45) is 0 Å². The van der Waals surface area contributed by atoms with Crippen molar-refractivity contribution in [3.05, 3.63) is 89.7 Å². The molecule has 2 aliphatic rings. The second-order valence-corrected chi connectivity index (χ2v) is 11.3. The van der Waals surface area contributed by atoms with E-state index in [1.54, 1.807) is 18.2 Å². The molecule has 200 valence electrons.